The summed E-state index contributed by atoms with van der Waals surface area (Å²) in [5.74, 6) is 4.71. The van der Waals surface area contributed by atoms with E-state index in [1.54, 1.807) is 18.6 Å². The first kappa shape index (κ1) is 41.0. The van der Waals surface area contributed by atoms with E-state index in [-0.39, 0.29) is 0 Å². The number of nitrogens with one attached hydrogen (secondary N) is 3. The Balaban J connectivity index is 0.760. The summed E-state index contributed by atoms with van der Waals surface area (Å²) >= 11 is 0. The molecule has 0 aliphatic rings. The van der Waals surface area contributed by atoms with Gasteiger partial charge < -0.3 is 30.2 Å². The van der Waals surface area contributed by atoms with E-state index < -0.39 is 0 Å². The van der Waals surface area contributed by atoms with Crippen LogP contribution in [0.5, 0.6) is 0 Å². The van der Waals surface area contributed by atoms with Crippen LogP contribution in [0.2, 0.25) is 0 Å². The Labute approximate surface area is 339 Å². The van der Waals surface area contributed by atoms with Gasteiger partial charge in [0, 0.05) is 38.7 Å². The maximum atomic E-state index is 5.72. The van der Waals surface area contributed by atoms with E-state index in [0.29, 0.717) is 74.4 Å². The number of rotatable bonds is 24. The Hall–Kier alpha value is -6.67. The third-order valence-electron chi connectivity index (χ3n) is 8.14. The average Bonchev–Trinajstić information content (AvgIpc) is 3.27. The molecule has 0 unspecified atom stereocenters. The lowest BCUT2D eigenvalue weighted by Crippen LogP contribution is -2.13. The molecule has 0 bridgehead atoms. The van der Waals surface area contributed by atoms with E-state index in [2.05, 4.69) is 50.9 Å². The number of benzene rings is 2. The smallest absolute Gasteiger partial charge is 0.154 e. The van der Waals surface area contributed by atoms with Gasteiger partial charge in [0.25, 0.3) is 0 Å². The first-order valence-electron chi connectivity index (χ1n) is 19.3. The topological polar surface area (TPSA) is 152 Å². The fraction of sp³-hybridized carbons (Fsp3) is 0.222. The highest BCUT2D eigenvalue weighted by atomic mass is 16.5. The zero-order valence-electron chi connectivity index (χ0n) is 32.4. The van der Waals surface area contributed by atoms with Crippen LogP contribution in [0.3, 0.4) is 0 Å². The minimum Gasteiger partial charge on any atom is -0.379 e. The van der Waals surface area contributed by atoms with Crippen molar-refractivity contribution in [2.24, 2.45) is 15.0 Å². The zero-order valence-corrected chi connectivity index (χ0v) is 32.4. The Morgan fingerprint density at radius 3 is 1.41 bits per heavy atom. The first-order chi connectivity index (χ1) is 28.7. The van der Waals surface area contributed by atoms with Crippen LogP contribution in [0.1, 0.15) is 29.7 Å². The van der Waals surface area contributed by atoms with Crippen LogP contribution in [0.25, 0.3) is 0 Å². The van der Waals surface area contributed by atoms with Crippen molar-refractivity contribution in [3.8, 4) is 0 Å². The molecule has 6 rings (SSSR count). The van der Waals surface area contributed by atoms with Crippen molar-refractivity contribution in [2.45, 2.75) is 12.8 Å². The van der Waals surface area contributed by atoms with Crippen molar-refractivity contribution in [1.82, 2.24) is 19.9 Å². The van der Waals surface area contributed by atoms with Gasteiger partial charge in [-0.2, -0.15) is 0 Å². The lowest BCUT2D eigenvalue weighted by molar-refractivity contribution is 0.0145. The molecule has 4 aromatic heterocycles. The highest BCUT2D eigenvalue weighted by molar-refractivity contribution is 5.83. The van der Waals surface area contributed by atoms with Gasteiger partial charge in [-0.15, -0.1) is 0 Å². The molecule has 0 saturated carbocycles. The highest BCUT2D eigenvalue weighted by Gasteiger charge is 2.02. The fourth-order valence-electron chi connectivity index (χ4n) is 5.29. The number of hydrogen-bond acceptors (Lipinski definition) is 13. The summed E-state index contributed by atoms with van der Waals surface area (Å²) in [6.07, 6.45) is 6.95. The summed E-state index contributed by atoms with van der Waals surface area (Å²) in [6.45, 7) is 4.81. The van der Waals surface area contributed by atoms with Crippen LogP contribution >= 0.6 is 0 Å². The average molecular weight is 777 g/mol. The van der Waals surface area contributed by atoms with Crippen molar-refractivity contribution in [3.05, 3.63) is 150 Å². The Morgan fingerprint density at radius 1 is 0.397 bits per heavy atom. The van der Waals surface area contributed by atoms with E-state index in [4.69, 9.17) is 14.2 Å². The zero-order chi connectivity index (χ0) is 39.7. The van der Waals surface area contributed by atoms with E-state index in [0.717, 1.165) is 48.7 Å². The second-order valence-corrected chi connectivity index (χ2v) is 12.7. The highest BCUT2D eigenvalue weighted by Crippen LogP contribution is 2.18. The number of hydrogen-bond donors (Lipinski definition) is 3. The van der Waals surface area contributed by atoms with Crippen LogP contribution in [0.4, 0.5) is 40.7 Å². The normalized spacial score (nSPS) is 11.4. The summed E-state index contributed by atoms with van der Waals surface area (Å²) in [7, 11) is 0. The van der Waals surface area contributed by atoms with Gasteiger partial charge in [0.05, 0.1) is 38.3 Å². The molecule has 0 amide bonds. The third kappa shape index (κ3) is 15.5. The molecule has 0 fully saturated rings. The van der Waals surface area contributed by atoms with E-state index >= 15 is 0 Å². The predicted molar refractivity (Wildman–Crippen MR) is 234 cm³/mol. The molecular formula is C45H48N10O3. The molecule has 3 N–H and O–H groups in total. The Bertz CT molecular complexity index is 2190. The van der Waals surface area contributed by atoms with Crippen molar-refractivity contribution in [1.29, 1.82) is 0 Å². The number of aliphatic imine (C=N–C) groups is 3. The summed E-state index contributed by atoms with van der Waals surface area (Å²) in [4.78, 5) is 31.8. The summed E-state index contributed by atoms with van der Waals surface area (Å²) in [6, 6.07) is 42.6. The lowest BCUT2D eigenvalue weighted by atomic mass is 10.2. The maximum Gasteiger partial charge on any atom is 0.154 e. The molecule has 4 heterocycles. The van der Waals surface area contributed by atoms with E-state index in [9.17, 15) is 0 Å². The summed E-state index contributed by atoms with van der Waals surface area (Å²) in [5.41, 5.74) is 2.73. The van der Waals surface area contributed by atoms with Crippen molar-refractivity contribution in [2.75, 3.05) is 68.7 Å². The quantitative estimate of drug-likeness (QED) is 0.0402. The van der Waals surface area contributed by atoms with Crippen molar-refractivity contribution in [3.63, 3.8) is 0 Å². The van der Waals surface area contributed by atoms with Crippen LogP contribution in [0.15, 0.2) is 148 Å². The number of nitrogens with zero attached hydrogens (tertiary/aromatic N) is 7. The lowest BCUT2D eigenvalue weighted by Gasteiger charge is -2.10. The molecule has 0 aliphatic heterocycles. The Morgan fingerprint density at radius 2 is 0.828 bits per heavy atom. The maximum absolute atomic E-state index is 5.72. The standard InChI is InChI=1S/C45H48N10O3/c1-3-13-36(14-4-1)33-48-41-18-7-17-38(51-41)35-50-43-21-8-19-39(52-43)46-25-11-27-56-29-31-58-32-30-57-28-12-26-47-40-20-9-23-44(53-40)55-45-24-10-22-42(54-45)49-34-37-15-5-2-6-16-37/h1-10,13-24,33-35H,11-12,25-32H2,(H,46,52)(H2,47,53,54,55). The first-order valence-corrected chi connectivity index (χ1v) is 19.3. The van der Waals surface area contributed by atoms with Crippen LogP contribution in [-0.2, 0) is 14.2 Å². The molecule has 0 aliphatic carbocycles. The largest absolute Gasteiger partial charge is 0.379 e. The van der Waals surface area contributed by atoms with Crippen LogP contribution in [-0.4, -0.2) is 91.3 Å². The van der Waals surface area contributed by atoms with Gasteiger partial charge >= 0.3 is 0 Å². The number of pyridine rings is 4. The Kier molecular flexibility index (Phi) is 17.0. The fourth-order valence-corrected chi connectivity index (χ4v) is 5.29. The van der Waals surface area contributed by atoms with Gasteiger partial charge in [0.15, 0.2) is 17.5 Å². The van der Waals surface area contributed by atoms with Crippen LogP contribution in [0, 0.1) is 0 Å². The molecule has 0 spiro atoms. The van der Waals surface area contributed by atoms with Gasteiger partial charge in [-0.1, -0.05) is 84.9 Å². The number of anilines is 4. The molecule has 13 nitrogen and oxygen atoms in total. The van der Waals surface area contributed by atoms with E-state index in [1.807, 2.05) is 133 Å². The van der Waals surface area contributed by atoms with Crippen LogP contribution < -0.4 is 16.0 Å². The van der Waals surface area contributed by atoms with Gasteiger partial charge in [-0.05, 0) is 72.5 Å². The molecule has 13 heteroatoms. The molecule has 0 saturated heterocycles. The van der Waals surface area contributed by atoms with E-state index in [1.165, 1.54) is 0 Å². The molecular weight excluding hydrogens is 729 g/mol. The van der Waals surface area contributed by atoms with Crippen molar-refractivity contribution < 1.29 is 14.2 Å². The SMILES string of the molecule is C(=Nc1cccc(C=Nc2cccc(NCCCOCCOCCOCCCNc3cccc(Nc4cccc(N=Cc5ccccc5)n4)n3)n2)n1)c1ccccc1. The monoisotopic (exact) mass is 776 g/mol. The van der Waals surface area contributed by atoms with Crippen molar-refractivity contribution >= 4 is 59.4 Å². The van der Waals surface area contributed by atoms with Gasteiger partial charge in [-0.25, -0.2) is 34.9 Å². The summed E-state index contributed by atoms with van der Waals surface area (Å²) in [5, 5.41) is 9.94. The molecule has 296 valence electrons. The summed E-state index contributed by atoms with van der Waals surface area (Å²) < 4.78 is 17.1. The second kappa shape index (κ2) is 24.1. The second-order valence-electron chi connectivity index (χ2n) is 12.7. The predicted octanol–water partition coefficient (Wildman–Crippen LogP) is 8.62. The number of ether oxygens (including phenoxy) is 3. The molecule has 6 aromatic rings. The minimum atomic E-state index is 0.522. The minimum absolute atomic E-state index is 0.522. The molecule has 58 heavy (non-hydrogen) atoms. The number of aromatic nitrogens is 4. The molecule has 2 aromatic carbocycles. The molecule has 0 atom stereocenters. The van der Waals surface area contributed by atoms with Gasteiger partial charge in [-0.3, -0.25) is 0 Å². The van der Waals surface area contributed by atoms with Gasteiger partial charge in [0.2, 0.25) is 0 Å². The van der Waals surface area contributed by atoms with Gasteiger partial charge in [0.1, 0.15) is 23.3 Å². The third-order valence-corrected chi connectivity index (χ3v) is 8.14. The molecule has 0 radical (unpaired) electrons.